The van der Waals surface area contributed by atoms with Gasteiger partial charge in [0, 0.05) is 13.0 Å². The van der Waals surface area contributed by atoms with Crippen LogP contribution < -0.4 is 16.9 Å². The van der Waals surface area contributed by atoms with Gasteiger partial charge in [-0.15, -0.1) is 0 Å². The molecule has 0 heterocycles. The fourth-order valence-electron chi connectivity index (χ4n) is 0.776. The number of carbonyl (C=O) groups is 1. The van der Waals surface area contributed by atoms with Crippen LogP contribution in [-0.4, -0.2) is 31.8 Å². The van der Waals surface area contributed by atoms with Crippen molar-refractivity contribution in [1.29, 1.82) is 0 Å². The number of nitrogens with one attached hydrogen (secondary N) is 2. The predicted octanol–water partition coefficient (Wildman–Crippen LogP) is -0.366. The molecule has 1 unspecified atom stereocenters. The monoisotopic (exact) mass is 235 g/mol. The molecule has 0 aromatic carbocycles. The van der Waals surface area contributed by atoms with Gasteiger partial charge in [0.1, 0.15) is 0 Å². The van der Waals surface area contributed by atoms with E-state index in [1.807, 2.05) is 6.92 Å². The zero-order chi connectivity index (χ0) is 12.2. The molecule has 0 saturated heterocycles. The highest BCUT2D eigenvalue weighted by Gasteiger charge is 2.00. The molecule has 0 aliphatic heterocycles. The lowest BCUT2D eigenvalue weighted by Crippen LogP contribution is -2.31. The Morgan fingerprint density at radius 1 is 1.44 bits per heavy atom. The summed E-state index contributed by atoms with van der Waals surface area (Å²) < 4.78 is 0. The second kappa shape index (κ2) is 10.8. The minimum atomic E-state index is -0.263. The molecule has 0 aliphatic rings. The van der Waals surface area contributed by atoms with E-state index in [2.05, 4.69) is 20.6 Å². The third-order valence-electron chi connectivity index (χ3n) is 1.65. The molecule has 4 N–H and O–H groups in total. The van der Waals surface area contributed by atoms with Crippen LogP contribution in [0.15, 0.2) is 0 Å². The first kappa shape index (κ1) is 15.3. The Kier molecular flexibility index (Phi) is 10.3. The average Bonchev–Trinajstić information content (AvgIpc) is 2.27. The molecular formula is C9H21N3O4. The molecule has 0 aromatic heterocycles. The highest BCUT2D eigenvalue weighted by Crippen LogP contribution is 1.88. The molecule has 0 bridgehead atoms. The van der Waals surface area contributed by atoms with Gasteiger partial charge in [0.2, 0.25) is 0 Å². The van der Waals surface area contributed by atoms with Crippen molar-refractivity contribution < 1.29 is 19.3 Å². The van der Waals surface area contributed by atoms with Crippen molar-refractivity contribution in [3.8, 4) is 0 Å². The molecule has 0 amide bonds. The van der Waals surface area contributed by atoms with Crippen LogP contribution in [0.25, 0.3) is 0 Å². The maximum Gasteiger partial charge on any atom is 0.324 e. The summed E-state index contributed by atoms with van der Waals surface area (Å²) in [6.45, 7) is 5.00. The van der Waals surface area contributed by atoms with Crippen molar-refractivity contribution in [2.24, 2.45) is 5.90 Å². The van der Waals surface area contributed by atoms with Crippen LogP contribution in [0.5, 0.6) is 0 Å². The summed E-state index contributed by atoms with van der Waals surface area (Å²) in [6, 6.07) is 0. The molecule has 0 aliphatic carbocycles. The minimum absolute atomic E-state index is 0.115. The lowest BCUT2D eigenvalue weighted by molar-refractivity contribution is -0.151. The van der Waals surface area contributed by atoms with Crippen LogP contribution in [0.2, 0.25) is 0 Å². The van der Waals surface area contributed by atoms with Crippen molar-refractivity contribution in [3.05, 3.63) is 0 Å². The maximum absolute atomic E-state index is 10.9. The van der Waals surface area contributed by atoms with Gasteiger partial charge in [-0.05, 0) is 13.3 Å². The maximum atomic E-state index is 10.9. The van der Waals surface area contributed by atoms with Gasteiger partial charge in [0.25, 0.3) is 0 Å². The summed E-state index contributed by atoms with van der Waals surface area (Å²) in [5.41, 5.74) is 5.17. The van der Waals surface area contributed by atoms with Gasteiger partial charge in [-0.25, -0.2) is 5.90 Å². The van der Waals surface area contributed by atoms with E-state index in [4.69, 9.17) is 10.7 Å². The predicted molar refractivity (Wildman–Crippen MR) is 57.7 cm³/mol. The molecule has 0 aromatic rings. The van der Waals surface area contributed by atoms with E-state index in [0.29, 0.717) is 26.1 Å². The van der Waals surface area contributed by atoms with Crippen LogP contribution in [0.3, 0.4) is 0 Å². The Balaban J connectivity index is 3.12. The Morgan fingerprint density at radius 2 is 2.19 bits per heavy atom. The Bertz CT molecular complexity index is 180. The van der Waals surface area contributed by atoms with Crippen molar-refractivity contribution >= 4 is 5.97 Å². The van der Waals surface area contributed by atoms with E-state index in [1.165, 1.54) is 0 Å². The quantitative estimate of drug-likeness (QED) is 0.351. The molecule has 0 spiro atoms. The first-order valence-electron chi connectivity index (χ1n) is 5.33. The van der Waals surface area contributed by atoms with Gasteiger partial charge >= 0.3 is 5.97 Å². The van der Waals surface area contributed by atoms with E-state index in [9.17, 15) is 4.79 Å². The topological polar surface area (TPSA) is 94.8 Å². The molecule has 0 radical (unpaired) electrons. The average molecular weight is 235 g/mol. The molecule has 7 heteroatoms. The Morgan fingerprint density at radius 3 is 2.81 bits per heavy atom. The first-order chi connectivity index (χ1) is 7.70. The Hall–Kier alpha value is -0.730. The van der Waals surface area contributed by atoms with Crippen LogP contribution in [0, 0.1) is 0 Å². The molecule has 0 fully saturated rings. The second-order valence-corrected chi connectivity index (χ2v) is 3.26. The molecule has 0 saturated carbocycles. The largest absolute Gasteiger partial charge is 0.371 e. The van der Waals surface area contributed by atoms with Gasteiger partial charge in [-0.2, -0.15) is 11.0 Å². The van der Waals surface area contributed by atoms with Crippen LogP contribution >= 0.6 is 0 Å². The van der Waals surface area contributed by atoms with Gasteiger partial charge < -0.3 is 14.5 Å². The van der Waals surface area contributed by atoms with Crippen LogP contribution in [0.1, 0.15) is 26.7 Å². The molecule has 16 heavy (non-hydrogen) atoms. The molecule has 96 valence electrons. The van der Waals surface area contributed by atoms with Crippen molar-refractivity contribution in [1.82, 2.24) is 11.0 Å². The van der Waals surface area contributed by atoms with Gasteiger partial charge in [-0.3, -0.25) is 4.79 Å². The van der Waals surface area contributed by atoms with E-state index in [1.54, 1.807) is 6.92 Å². The lowest BCUT2D eigenvalue weighted by Gasteiger charge is -2.10. The summed E-state index contributed by atoms with van der Waals surface area (Å²) in [4.78, 5) is 25.1. The summed E-state index contributed by atoms with van der Waals surface area (Å²) in [6.07, 6.45) is 1.07. The number of hydroxylamine groups is 2. The van der Waals surface area contributed by atoms with Gasteiger partial charge in [0.05, 0.1) is 19.3 Å². The Labute approximate surface area is 95.5 Å². The smallest absolute Gasteiger partial charge is 0.324 e. The normalized spacial score (nSPS) is 12.4. The number of rotatable bonds is 10. The number of hydrogen-bond donors (Lipinski definition) is 3. The fourth-order valence-corrected chi connectivity index (χ4v) is 0.776. The van der Waals surface area contributed by atoms with E-state index >= 15 is 0 Å². The minimum Gasteiger partial charge on any atom is -0.371 e. The van der Waals surface area contributed by atoms with Gasteiger partial charge in [-0.1, -0.05) is 6.92 Å². The summed E-state index contributed by atoms with van der Waals surface area (Å²) >= 11 is 0. The summed E-state index contributed by atoms with van der Waals surface area (Å²) in [5, 5.41) is 0. The molecule has 1 atom stereocenters. The first-order valence-corrected chi connectivity index (χ1v) is 5.33. The number of hydrogen-bond acceptors (Lipinski definition) is 7. The molecule has 7 nitrogen and oxygen atoms in total. The van der Waals surface area contributed by atoms with Crippen molar-refractivity contribution in [2.75, 3.05) is 19.7 Å². The van der Waals surface area contributed by atoms with Crippen LogP contribution in [-0.2, 0) is 19.3 Å². The van der Waals surface area contributed by atoms with Crippen molar-refractivity contribution in [3.63, 3.8) is 0 Å². The van der Waals surface area contributed by atoms with Crippen LogP contribution in [0.4, 0.5) is 0 Å². The molecule has 0 rings (SSSR count). The number of nitrogens with two attached hydrogens (primary N) is 1. The molecular weight excluding hydrogens is 214 g/mol. The third kappa shape index (κ3) is 9.81. The second-order valence-electron chi connectivity index (χ2n) is 3.26. The highest BCUT2D eigenvalue weighted by atomic mass is 16.7. The summed E-state index contributed by atoms with van der Waals surface area (Å²) in [5.74, 6) is 4.67. The third-order valence-corrected chi connectivity index (χ3v) is 1.65. The SMILES string of the molecule is CCCC(=O)ONCCONCC(C)ON. The van der Waals surface area contributed by atoms with Gasteiger partial charge in [0.15, 0.2) is 0 Å². The van der Waals surface area contributed by atoms with E-state index in [0.717, 1.165) is 6.42 Å². The zero-order valence-corrected chi connectivity index (χ0v) is 9.82. The lowest BCUT2D eigenvalue weighted by atomic mass is 10.3. The van der Waals surface area contributed by atoms with E-state index < -0.39 is 0 Å². The highest BCUT2D eigenvalue weighted by molar-refractivity contribution is 5.68. The van der Waals surface area contributed by atoms with E-state index in [-0.39, 0.29) is 12.1 Å². The standard InChI is InChI=1S/C9H21N3O4/c1-3-4-9(13)16-11-5-6-14-12-7-8(2)15-10/h8,11-12H,3-7,10H2,1-2H3. The fraction of sp³-hybridized carbons (Fsp3) is 0.889. The van der Waals surface area contributed by atoms with Crippen molar-refractivity contribution in [2.45, 2.75) is 32.8 Å². The zero-order valence-electron chi connectivity index (χ0n) is 9.82. The summed E-state index contributed by atoms with van der Waals surface area (Å²) in [7, 11) is 0. The number of carbonyl (C=O) groups excluding carboxylic acids is 1.